The van der Waals surface area contributed by atoms with Crippen LogP contribution in [0.25, 0.3) is 0 Å². The Morgan fingerprint density at radius 3 is 2.89 bits per heavy atom. The van der Waals surface area contributed by atoms with Crippen molar-refractivity contribution in [3.63, 3.8) is 0 Å². The van der Waals surface area contributed by atoms with Crippen LogP contribution < -0.4 is 5.32 Å². The van der Waals surface area contributed by atoms with E-state index in [0.717, 1.165) is 17.9 Å². The van der Waals surface area contributed by atoms with Crippen LogP contribution >= 0.6 is 0 Å². The van der Waals surface area contributed by atoms with Crippen molar-refractivity contribution in [3.8, 4) is 0 Å². The summed E-state index contributed by atoms with van der Waals surface area (Å²) in [6.45, 7) is 2.91. The highest BCUT2D eigenvalue weighted by atomic mass is 15.3. The molecule has 0 aliphatic heterocycles. The first kappa shape index (κ1) is 12.3. The molecular formula is C16H21N3. The lowest BCUT2D eigenvalue weighted by Gasteiger charge is -2.09. The van der Waals surface area contributed by atoms with Gasteiger partial charge in [-0.3, -0.25) is 4.68 Å². The minimum Gasteiger partial charge on any atom is -0.379 e. The van der Waals surface area contributed by atoms with E-state index in [0.29, 0.717) is 6.04 Å². The van der Waals surface area contributed by atoms with Crippen LogP contribution in [-0.2, 0) is 6.54 Å². The highest BCUT2D eigenvalue weighted by Crippen LogP contribution is 2.28. The summed E-state index contributed by atoms with van der Waals surface area (Å²) in [6.07, 6.45) is 7.39. The molecule has 0 amide bonds. The first-order valence-corrected chi connectivity index (χ1v) is 7.16. The monoisotopic (exact) mass is 255 g/mol. The van der Waals surface area contributed by atoms with Crippen LogP contribution in [0.15, 0.2) is 36.5 Å². The second-order valence-corrected chi connectivity index (χ2v) is 5.45. The molecule has 0 unspecified atom stereocenters. The molecule has 1 fully saturated rings. The summed E-state index contributed by atoms with van der Waals surface area (Å²) in [4.78, 5) is 0. The summed E-state index contributed by atoms with van der Waals surface area (Å²) in [6, 6.07) is 11.2. The maximum atomic E-state index is 4.68. The van der Waals surface area contributed by atoms with Crippen molar-refractivity contribution >= 4 is 5.69 Å². The maximum absolute atomic E-state index is 4.68. The van der Waals surface area contributed by atoms with Crippen molar-refractivity contribution in [1.29, 1.82) is 0 Å². The lowest BCUT2D eigenvalue weighted by molar-refractivity contribution is 0.463. The Bertz CT molecular complexity index is 538. The van der Waals surface area contributed by atoms with Crippen molar-refractivity contribution in [2.75, 3.05) is 5.32 Å². The molecular weight excluding hydrogens is 234 g/mol. The van der Waals surface area contributed by atoms with E-state index in [-0.39, 0.29) is 0 Å². The average Bonchev–Trinajstić information content (AvgIpc) is 3.07. The van der Waals surface area contributed by atoms with E-state index in [1.807, 2.05) is 0 Å². The number of nitrogens with one attached hydrogen (secondary N) is 1. The van der Waals surface area contributed by atoms with E-state index in [9.17, 15) is 0 Å². The Kier molecular flexibility index (Phi) is 3.53. The number of nitrogens with zero attached hydrogens (tertiary/aromatic N) is 2. The van der Waals surface area contributed by atoms with Gasteiger partial charge in [0.2, 0.25) is 0 Å². The van der Waals surface area contributed by atoms with Crippen molar-refractivity contribution in [3.05, 3.63) is 47.8 Å². The number of hydrogen-bond donors (Lipinski definition) is 1. The van der Waals surface area contributed by atoms with Gasteiger partial charge >= 0.3 is 0 Å². The first-order chi connectivity index (χ1) is 9.31. The Hall–Kier alpha value is -1.77. The van der Waals surface area contributed by atoms with Gasteiger partial charge in [-0.2, -0.15) is 5.10 Å². The number of aryl methyl sites for hydroxylation is 1. The molecule has 0 radical (unpaired) electrons. The molecule has 1 aliphatic carbocycles. The minimum atomic E-state index is 0.632. The SMILES string of the molecule is Cc1cccc(NCc2ccn(C3CCCC3)n2)c1. The molecule has 1 aromatic heterocycles. The molecule has 2 aromatic rings. The lowest BCUT2D eigenvalue weighted by Crippen LogP contribution is -2.07. The summed E-state index contributed by atoms with van der Waals surface area (Å²) < 4.78 is 2.15. The third-order valence-electron chi connectivity index (χ3n) is 3.85. The van der Waals surface area contributed by atoms with Crippen molar-refractivity contribution < 1.29 is 0 Å². The summed E-state index contributed by atoms with van der Waals surface area (Å²) in [5.41, 5.74) is 3.56. The molecule has 1 aromatic carbocycles. The van der Waals surface area contributed by atoms with E-state index in [2.05, 4.69) is 58.5 Å². The zero-order valence-corrected chi connectivity index (χ0v) is 11.5. The fourth-order valence-corrected chi connectivity index (χ4v) is 2.79. The van der Waals surface area contributed by atoms with Gasteiger partial charge in [0, 0.05) is 11.9 Å². The largest absolute Gasteiger partial charge is 0.379 e. The van der Waals surface area contributed by atoms with E-state index >= 15 is 0 Å². The average molecular weight is 255 g/mol. The molecule has 0 bridgehead atoms. The zero-order valence-electron chi connectivity index (χ0n) is 11.5. The van der Waals surface area contributed by atoms with Gasteiger partial charge in [0.25, 0.3) is 0 Å². The summed E-state index contributed by atoms with van der Waals surface area (Å²) in [7, 11) is 0. The fraction of sp³-hybridized carbons (Fsp3) is 0.438. The Morgan fingerprint density at radius 2 is 2.11 bits per heavy atom. The number of rotatable bonds is 4. The molecule has 19 heavy (non-hydrogen) atoms. The number of aromatic nitrogens is 2. The highest BCUT2D eigenvalue weighted by molar-refractivity contribution is 5.45. The molecule has 1 heterocycles. The van der Waals surface area contributed by atoms with Crippen LogP contribution in [0.2, 0.25) is 0 Å². The van der Waals surface area contributed by atoms with Crippen molar-refractivity contribution in [2.24, 2.45) is 0 Å². The molecule has 3 rings (SSSR count). The standard InChI is InChI=1S/C16H21N3/c1-13-5-4-6-14(11-13)17-12-15-9-10-19(18-15)16-7-2-3-8-16/h4-6,9-11,16-17H,2-3,7-8,12H2,1H3. The summed E-state index contributed by atoms with van der Waals surface area (Å²) in [5, 5.41) is 8.11. The van der Waals surface area contributed by atoms with E-state index < -0.39 is 0 Å². The highest BCUT2D eigenvalue weighted by Gasteiger charge is 2.17. The molecule has 1 aliphatic rings. The molecule has 1 saturated carbocycles. The zero-order chi connectivity index (χ0) is 13.1. The molecule has 100 valence electrons. The van der Waals surface area contributed by atoms with Gasteiger partial charge in [-0.15, -0.1) is 0 Å². The Balaban J connectivity index is 1.61. The second-order valence-electron chi connectivity index (χ2n) is 5.45. The fourth-order valence-electron chi connectivity index (χ4n) is 2.79. The Labute approximate surface area is 114 Å². The molecule has 3 heteroatoms. The van der Waals surface area contributed by atoms with Crippen LogP contribution in [0, 0.1) is 6.92 Å². The summed E-state index contributed by atoms with van der Waals surface area (Å²) in [5.74, 6) is 0. The topological polar surface area (TPSA) is 29.9 Å². The van der Waals surface area contributed by atoms with Gasteiger partial charge in [-0.25, -0.2) is 0 Å². The number of hydrogen-bond acceptors (Lipinski definition) is 2. The predicted octanol–water partition coefficient (Wildman–Crippen LogP) is 3.92. The van der Waals surface area contributed by atoms with Gasteiger partial charge in [0.05, 0.1) is 18.3 Å². The van der Waals surface area contributed by atoms with Gasteiger partial charge in [-0.1, -0.05) is 25.0 Å². The maximum Gasteiger partial charge on any atom is 0.0815 e. The Morgan fingerprint density at radius 1 is 1.26 bits per heavy atom. The third kappa shape index (κ3) is 2.98. The normalized spacial score (nSPS) is 15.8. The molecule has 3 nitrogen and oxygen atoms in total. The summed E-state index contributed by atoms with van der Waals surface area (Å²) >= 11 is 0. The van der Waals surface area contributed by atoms with Gasteiger partial charge in [0.15, 0.2) is 0 Å². The first-order valence-electron chi connectivity index (χ1n) is 7.16. The minimum absolute atomic E-state index is 0.632. The lowest BCUT2D eigenvalue weighted by atomic mass is 10.2. The van der Waals surface area contributed by atoms with E-state index in [1.54, 1.807) is 0 Å². The molecule has 0 spiro atoms. The van der Waals surface area contributed by atoms with Crippen molar-refractivity contribution in [1.82, 2.24) is 9.78 Å². The smallest absolute Gasteiger partial charge is 0.0815 e. The quantitative estimate of drug-likeness (QED) is 0.897. The van der Waals surface area contributed by atoms with Crippen LogP contribution in [0.3, 0.4) is 0 Å². The van der Waals surface area contributed by atoms with Crippen LogP contribution in [0.4, 0.5) is 5.69 Å². The van der Waals surface area contributed by atoms with Gasteiger partial charge in [-0.05, 0) is 43.5 Å². The van der Waals surface area contributed by atoms with Crippen LogP contribution in [-0.4, -0.2) is 9.78 Å². The van der Waals surface area contributed by atoms with Crippen molar-refractivity contribution in [2.45, 2.75) is 45.2 Å². The van der Waals surface area contributed by atoms with Gasteiger partial charge < -0.3 is 5.32 Å². The number of benzene rings is 1. The predicted molar refractivity (Wildman–Crippen MR) is 78.2 cm³/mol. The van der Waals surface area contributed by atoms with Crippen LogP contribution in [0.1, 0.15) is 43.0 Å². The molecule has 1 N–H and O–H groups in total. The third-order valence-corrected chi connectivity index (χ3v) is 3.85. The van der Waals surface area contributed by atoms with E-state index in [1.165, 1.54) is 31.2 Å². The number of anilines is 1. The van der Waals surface area contributed by atoms with Crippen LogP contribution in [0.5, 0.6) is 0 Å². The van der Waals surface area contributed by atoms with Gasteiger partial charge in [0.1, 0.15) is 0 Å². The second kappa shape index (κ2) is 5.47. The van der Waals surface area contributed by atoms with E-state index in [4.69, 9.17) is 0 Å². The molecule has 0 saturated heterocycles. The molecule has 0 atom stereocenters.